The van der Waals surface area contributed by atoms with Gasteiger partial charge in [0.2, 0.25) is 11.6 Å². The first-order valence-electron chi connectivity index (χ1n) is 7.63. The zero-order chi connectivity index (χ0) is 19.1. The number of methoxy groups -OCH3 is 2. The van der Waals surface area contributed by atoms with Crippen molar-refractivity contribution >= 4 is 23.1 Å². The van der Waals surface area contributed by atoms with Crippen molar-refractivity contribution in [2.75, 3.05) is 14.2 Å². The number of aliphatic hydroxyl groups excluding tert-OH is 2. The van der Waals surface area contributed by atoms with E-state index >= 15 is 0 Å². The fourth-order valence-corrected chi connectivity index (χ4v) is 2.08. The molecule has 134 valence electrons. The number of hydrogen-bond acceptors (Lipinski definition) is 6. The molecule has 2 aromatic rings. The Hall–Kier alpha value is -3.54. The molecule has 0 saturated carbocycles. The van der Waals surface area contributed by atoms with E-state index in [1.54, 1.807) is 48.5 Å². The molecular weight excluding hydrogens is 336 g/mol. The first-order chi connectivity index (χ1) is 12.4. The van der Waals surface area contributed by atoms with Gasteiger partial charge in [0.05, 0.1) is 14.2 Å². The zero-order valence-corrected chi connectivity index (χ0v) is 14.3. The first kappa shape index (κ1) is 18.8. The van der Waals surface area contributed by atoms with E-state index in [1.165, 1.54) is 14.2 Å². The quantitative estimate of drug-likeness (QED) is 0.450. The molecule has 0 aliphatic heterocycles. The third-order valence-corrected chi connectivity index (χ3v) is 3.55. The number of carbonyl (C=O) groups excluding carboxylic acids is 2. The predicted molar refractivity (Wildman–Crippen MR) is 97.2 cm³/mol. The molecule has 2 aromatic carbocycles. The lowest BCUT2D eigenvalue weighted by Gasteiger charge is -2.03. The number of ether oxygens (including phenoxy) is 2. The summed E-state index contributed by atoms with van der Waals surface area (Å²) in [6.07, 6.45) is 1.61. The lowest BCUT2D eigenvalue weighted by Crippen LogP contribution is -2.09. The van der Waals surface area contributed by atoms with E-state index in [0.717, 1.165) is 12.2 Å². The minimum atomic E-state index is -0.960. The van der Waals surface area contributed by atoms with Gasteiger partial charge in [0.25, 0.3) is 0 Å². The van der Waals surface area contributed by atoms with Gasteiger partial charge in [0.15, 0.2) is 0 Å². The van der Waals surface area contributed by atoms with E-state index in [4.69, 9.17) is 9.47 Å². The number of ketones is 2. The summed E-state index contributed by atoms with van der Waals surface area (Å²) in [5, 5.41) is 19.9. The molecule has 0 atom stereocenters. The summed E-state index contributed by atoms with van der Waals surface area (Å²) < 4.78 is 10.0. The highest BCUT2D eigenvalue weighted by molar-refractivity contribution is 6.47. The SMILES string of the molecule is COc1ccc(/C(O)=C/C(=O)C(=O)/C=C(\O)c2ccc(OC)cc2)cc1. The molecule has 0 bridgehead atoms. The number of carbonyl (C=O) groups is 2. The van der Waals surface area contributed by atoms with Gasteiger partial charge in [-0.3, -0.25) is 9.59 Å². The molecule has 0 radical (unpaired) electrons. The summed E-state index contributed by atoms with van der Waals surface area (Å²) >= 11 is 0. The monoisotopic (exact) mass is 354 g/mol. The van der Waals surface area contributed by atoms with E-state index in [0.29, 0.717) is 22.6 Å². The summed E-state index contributed by atoms with van der Waals surface area (Å²) in [7, 11) is 3.02. The van der Waals surface area contributed by atoms with Gasteiger partial charge in [0.1, 0.15) is 23.0 Å². The van der Waals surface area contributed by atoms with Crippen LogP contribution >= 0.6 is 0 Å². The van der Waals surface area contributed by atoms with Gasteiger partial charge < -0.3 is 19.7 Å². The molecule has 0 amide bonds. The molecule has 2 N–H and O–H groups in total. The maximum atomic E-state index is 11.9. The lowest BCUT2D eigenvalue weighted by atomic mass is 10.1. The second kappa shape index (κ2) is 8.53. The lowest BCUT2D eigenvalue weighted by molar-refractivity contribution is -0.130. The largest absolute Gasteiger partial charge is 0.507 e. The Morgan fingerprint density at radius 2 is 1.00 bits per heavy atom. The predicted octanol–water partition coefficient (Wildman–Crippen LogP) is 3.34. The first-order valence-corrected chi connectivity index (χ1v) is 7.63. The Morgan fingerprint density at radius 1 is 0.692 bits per heavy atom. The summed E-state index contributed by atoms with van der Waals surface area (Å²) in [6, 6.07) is 12.6. The minimum absolute atomic E-state index is 0.357. The van der Waals surface area contributed by atoms with E-state index in [9.17, 15) is 19.8 Å². The number of benzene rings is 2. The highest BCUT2D eigenvalue weighted by Gasteiger charge is 2.13. The van der Waals surface area contributed by atoms with Crippen molar-refractivity contribution < 1.29 is 29.3 Å². The topological polar surface area (TPSA) is 93.1 Å². The van der Waals surface area contributed by atoms with Crippen molar-refractivity contribution in [3.63, 3.8) is 0 Å². The molecule has 6 heteroatoms. The molecule has 0 fully saturated rings. The molecule has 0 unspecified atom stereocenters. The van der Waals surface area contributed by atoms with Gasteiger partial charge >= 0.3 is 0 Å². The maximum Gasteiger partial charge on any atom is 0.229 e. The van der Waals surface area contributed by atoms with Crippen LogP contribution in [0, 0.1) is 0 Å². The van der Waals surface area contributed by atoms with Crippen LogP contribution in [0.5, 0.6) is 11.5 Å². The van der Waals surface area contributed by atoms with Gasteiger partial charge in [0, 0.05) is 23.3 Å². The second-order valence-corrected chi connectivity index (χ2v) is 5.24. The van der Waals surface area contributed by atoms with E-state index < -0.39 is 11.6 Å². The van der Waals surface area contributed by atoms with Crippen LogP contribution in [0.2, 0.25) is 0 Å². The molecule has 6 nitrogen and oxygen atoms in total. The van der Waals surface area contributed by atoms with E-state index in [1.807, 2.05) is 0 Å². The molecule has 0 heterocycles. The summed E-state index contributed by atoms with van der Waals surface area (Å²) in [6.45, 7) is 0. The average molecular weight is 354 g/mol. The third-order valence-electron chi connectivity index (χ3n) is 3.55. The van der Waals surface area contributed by atoms with E-state index in [2.05, 4.69) is 0 Å². The molecule has 0 aliphatic carbocycles. The van der Waals surface area contributed by atoms with Crippen molar-refractivity contribution in [2.45, 2.75) is 0 Å². The van der Waals surface area contributed by atoms with Crippen LogP contribution in [0.25, 0.3) is 11.5 Å². The third kappa shape index (κ3) is 4.73. The smallest absolute Gasteiger partial charge is 0.229 e. The van der Waals surface area contributed by atoms with Gasteiger partial charge in [-0.25, -0.2) is 0 Å². The van der Waals surface area contributed by atoms with Crippen molar-refractivity contribution in [1.82, 2.24) is 0 Å². The molecule has 26 heavy (non-hydrogen) atoms. The fourth-order valence-electron chi connectivity index (χ4n) is 2.08. The zero-order valence-electron chi connectivity index (χ0n) is 14.3. The van der Waals surface area contributed by atoms with Crippen LogP contribution in [-0.2, 0) is 9.59 Å². The minimum Gasteiger partial charge on any atom is -0.507 e. The van der Waals surface area contributed by atoms with Crippen LogP contribution in [0.15, 0.2) is 60.7 Å². The number of allylic oxidation sites excluding steroid dienone is 2. The van der Waals surface area contributed by atoms with Crippen LogP contribution in [-0.4, -0.2) is 36.0 Å². The van der Waals surface area contributed by atoms with Gasteiger partial charge in [-0.1, -0.05) is 0 Å². The molecule has 2 rings (SSSR count). The Morgan fingerprint density at radius 3 is 1.27 bits per heavy atom. The molecular formula is C20H18O6. The highest BCUT2D eigenvalue weighted by atomic mass is 16.5. The van der Waals surface area contributed by atoms with Crippen LogP contribution in [0.3, 0.4) is 0 Å². The van der Waals surface area contributed by atoms with Crippen LogP contribution < -0.4 is 9.47 Å². The van der Waals surface area contributed by atoms with Crippen molar-refractivity contribution in [3.8, 4) is 11.5 Å². The summed E-state index contributed by atoms with van der Waals surface area (Å²) in [4.78, 5) is 23.9. The fraction of sp³-hybridized carbons (Fsp3) is 0.100. The van der Waals surface area contributed by atoms with E-state index in [-0.39, 0.29) is 11.5 Å². The van der Waals surface area contributed by atoms with Gasteiger partial charge in [-0.05, 0) is 48.5 Å². The normalized spacial score (nSPS) is 11.8. The average Bonchev–Trinajstić information content (AvgIpc) is 2.67. The molecule has 0 spiro atoms. The Kier molecular flexibility index (Phi) is 6.16. The summed E-state index contributed by atoms with van der Waals surface area (Å²) in [5.74, 6) is -1.45. The van der Waals surface area contributed by atoms with Gasteiger partial charge in [-0.2, -0.15) is 0 Å². The molecule has 0 saturated heterocycles. The number of hydrogen-bond donors (Lipinski definition) is 2. The Bertz CT molecular complexity index is 771. The van der Waals surface area contributed by atoms with Crippen molar-refractivity contribution in [1.29, 1.82) is 0 Å². The Labute approximate surface area is 150 Å². The standard InChI is InChI=1S/C20H18O6/c1-25-15-7-3-13(4-8-15)17(21)11-19(23)20(24)12-18(22)14-5-9-16(26-2)10-6-14/h3-12,21-22H,1-2H3/b17-11-,18-12-. The summed E-state index contributed by atoms with van der Waals surface area (Å²) in [5.41, 5.74) is 0.714. The molecule has 0 aromatic heterocycles. The van der Waals surface area contributed by atoms with Crippen molar-refractivity contribution in [2.24, 2.45) is 0 Å². The maximum absolute atomic E-state index is 11.9. The number of rotatable bonds is 7. The van der Waals surface area contributed by atoms with Crippen molar-refractivity contribution in [3.05, 3.63) is 71.8 Å². The van der Waals surface area contributed by atoms with Gasteiger partial charge in [-0.15, -0.1) is 0 Å². The second-order valence-electron chi connectivity index (χ2n) is 5.24. The molecule has 0 aliphatic rings. The van der Waals surface area contributed by atoms with Crippen LogP contribution in [0.4, 0.5) is 0 Å². The van der Waals surface area contributed by atoms with Crippen LogP contribution in [0.1, 0.15) is 11.1 Å². The number of aliphatic hydroxyl groups is 2. The Balaban J connectivity index is 2.12. The highest BCUT2D eigenvalue weighted by Crippen LogP contribution is 2.18.